The summed E-state index contributed by atoms with van der Waals surface area (Å²) in [5.41, 5.74) is -2.29. The first-order valence-corrected chi connectivity index (χ1v) is 10.3. The van der Waals surface area contributed by atoms with Crippen LogP contribution in [0.2, 0.25) is 0 Å². The van der Waals surface area contributed by atoms with Crippen LogP contribution in [0, 0.1) is 0 Å². The molecular formula is C20H21N7O8. The molecule has 0 atom stereocenters. The Labute approximate surface area is 194 Å². The van der Waals surface area contributed by atoms with Crippen LogP contribution in [0.15, 0.2) is 37.8 Å². The van der Waals surface area contributed by atoms with Gasteiger partial charge in [-0.05, 0) is 6.07 Å². The van der Waals surface area contributed by atoms with E-state index in [9.17, 15) is 28.8 Å². The van der Waals surface area contributed by atoms with Crippen molar-refractivity contribution in [3.8, 4) is 0 Å². The number of nitrogens with zero attached hydrogens (tertiary/aromatic N) is 7. The zero-order valence-electron chi connectivity index (χ0n) is 19.0. The summed E-state index contributed by atoms with van der Waals surface area (Å²) in [6.07, 6.45) is 2.89. The fourth-order valence-corrected chi connectivity index (χ4v) is 3.88. The number of aromatic nitrogens is 7. The van der Waals surface area contributed by atoms with E-state index in [1.165, 1.54) is 29.6 Å². The second-order valence-corrected chi connectivity index (χ2v) is 7.85. The molecule has 0 aliphatic rings. The molecule has 4 aromatic rings. The molecule has 4 rings (SSSR count). The summed E-state index contributed by atoms with van der Waals surface area (Å²) in [5, 5.41) is 9.00. The van der Waals surface area contributed by atoms with E-state index in [0.29, 0.717) is 10.1 Å². The third-order valence-electron chi connectivity index (χ3n) is 5.66. The van der Waals surface area contributed by atoms with E-state index in [1.54, 1.807) is 23.9 Å². The van der Waals surface area contributed by atoms with Crippen LogP contribution in [-0.4, -0.2) is 56.0 Å². The topological polar surface area (TPSA) is 174 Å². The molecule has 0 amide bonds. The maximum atomic E-state index is 12.7. The van der Waals surface area contributed by atoms with Crippen LogP contribution < -0.4 is 22.5 Å². The Hall–Kier alpha value is -4.69. The normalized spacial score (nSPS) is 11.4. The summed E-state index contributed by atoms with van der Waals surface area (Å²) < 4.78 is 11.7. The average Bonchev–Trinajstić information content (AvgIpc) is 3.40. The van der Waals surface area contributed by atoms with E-state index in [2.05, 4.69) is 4.98 Å². The van der Waals surface area contributed by atoms with Gasteiger partial charge in [0.1, 0.15) is 25.2 Å². The first kappa shape index (κ1) is 23.5. The van der Waals surface area contributed by atoms with Gasteiger partial charge < -0.3 is 19.0 Å². The van der Waals surface area contributed by atoms with Crippen LogP contribution in [0.5, 0.6) is 0 Å². The third kappa shape index (κ3) is 3.85. The standard InChI is InChI=1S/C20H21N7O8/c1-22-5-4-11-14(22)17(31)27(19(33)23(11)2)9-13(30)35-7-6-25-10-21-16-15(25)18(32)26(8-12(28)29)20(34)24(16)3/h4-5,10H,6-9H2,1-3H3,(H,28,29). The molecule has 0 unspecified atom stereocenters. The van der Waals surface area contributed by atoms with Gasteiger partial charge >= 0.3 is 23.3 Å². The molecular weight excluding hydrogens is 466 g/mol. The van der Waals surface area contributed by atoms with Gasteiger partial charge in [0.15, 0.2) is 11.2 Å². The van der Waals surface area contributed by atoms with Crippen molar-refractivity contribution in [3.63, 3.8) is 0 Å². The van der Waals surface area contributed by atoms with E-state index in [4.69, 9.17) is 9.84 Å². The molecule has 0 spiro atoms. The van der Waals surface area contributed by atoms with Crippen molar-refractivity contribution in [1.82, 2.24) is 32.4 Å². The Balaban J connectivity index is 1.55. The lowest BCUT2D eigenvalue weighted by atomic mass is 10.4. The van der Waals surface area contributed by atoms with Gasteiger partial charge in [-0.2, -0.15) is 0 Å². The van der Waals surface area contributed by atoms with Crippen molar-refractivity contribution in [2.75, 3.05) is 6.61 Å². The van der Waals surface area contributed by atoms with Crippen molar-refractivity contribution in [2.24, 2.45) is 21.1 Å². The lowest BCUT2D eigenvalue weighted by Crippen LogP contribution is -2.41. The quantitative estimate of drug-likeness (QED) is 0.278. The number of hydrogen-bond donors (Lipinski definition) is 1. The number of carboxylic acids is 1. The van der Waals surface area contributed by atoms with Gasteiger partial charge in [0, 0.05) is 27.3 Å². The molecule has 184 valence electrons. The van der Waals surface area contributed by atoms with Crippen LogP contribution in [0.4, 0.5) is 0 Å². The van der Waals surface area contributed by atoms with E-state index in [0.717, 1.165) is 9.13 Å². The molecule has 35 heavy (non-hydrogen) atoms. The highest BCUT2D eigenvalue weighted by Crippen LogP contribution is 2.08. The number of fused-ring (bicyclic) bond motifs is 2. The molecule has 0 saturated carbocycles. The third-order valence-corrected chi connectivity index (χ3v) is 5.66. The molecule has 1 N–H and O–H groups in total. The highest BCUT2D eigenvalue weighted by molar-refractivity contribution is 5.76. The Morgan fingerprint density at radius 3 is 2.26 bits per heavy atom. The Kier molecular flexibility index (Phi) is 5.76. The Morgan fingerprint density at radius 1 is 0.943 bits per heavy atom. The molecule has 0 aliphatic heterocycles. The van der Waals surface area contributed by atoms with Crippen LogP contribution in [0.25, 0.3) is 22.2 Å². The fourth-order valence-electron chi connectivity index (χ4n) is 3.88. The van der Waals surface area contributed by atoms with E-state index >= 15 is 0 Å². The fraction of sp³-hybridized carbons (Fsp3) is 0.350. The number of carboxylic acid groups (broad SMARTS) is 1. The van der Waals surface area contributed by atoms with Crippen molar-refractivity contribution in [2.45, 2.75) is 19.6 Å². The van der Waals surface area contributed by atoms with E-state index < -0.39 is 47.5 Å². The highest BCUT2D eigenvalue weighted by atomic mass is 16.5. The van der Waals surface area contributed by atoms with Gasteiger partial charge in [-0.3, -0.25) is 28.3 Å². The lowest BCUT2D eigenvalue weighted by Gasteiger charge is -2.10. The Morgan fingerprint density at radius 2 is 1.57 bits per heavy atom. The molecule has 0 saturated heterocycles. The van der Waals surface area contributed by atoms with Crippen LogP contribution in [0.3, 0.4) is 0 Å². The molecule has 4 aromatic heterocycles. The van der Waals surface area contributed by atoms with Gasteiger partial charge in [0.25, 0.3) is 11.1 Å². The predicted octanol–water partition coefficient (Wildman–Crippen LogP) is -2.42. The number of ether oxygens (including phenoxy) is 1. The smallest absolute Gasteiger partial charge is 0.333 e. The number of imidazole rings is 1. The van der Waals surface area contributed by atoms with Gasteiger partial charge in [0.2, 0.25) is 0 Å². The summed E-state index contributed by atoms with van der Waals surface area (Å²) in [6, 6.07) is 1.62. The summed E-state index contributed by atoms with van der Waals surface area (Å²) in [4.78, 5) is 77.7. The second-order valence-electron chi connectivity index (χ2n) is 7.85. The monoisotopic (exact) mass is 487 g/mol. The van der Waals surface area contributed by atoms with Gasteiger partial charge in [-0.25, -0.2) is 23.7 Å². The molecule has 0 bridgehead atoms. The molecule has 15 heteroatoms. The lowest BCUT2D eigenvalue weighted by molar-refractivity contribution is -0.144. The zero-order valence-corrected chi connectivity index (χ0v) is 19.0. The van der Waals surface area contributed by atoms with Crippen molar-refractivity contribution < 1.29 is 19.4 Å². The number of aryl methyl sites for hydroxylation is 3. The van der Waals surface area contributed by atoms with Gasteiger partial charge in [-0.15, -0.1) is 0 Å². The largest absolute Gasteiger partial charge is 0.480 e. The second kappa shape index (κ2) is 8.58. The van der Waals surface area contributed by atoms with Gasteiger partial charge in [-0.1, -0.05) is 0 Å². The molecule has 0 aliphatic carbocycles. The van der Waals surface area contributed by atoms with E-state index in [1.807, 2.05) is 0 Å². The van der Waals surface area contributed by atoms with E-state index in [-0.39, 0.29) is 29.8 Å². The molecule has 0 radical (unpaired) electrons. The maximum absolute atomic E-state index is 12.7. The Bertz CT molecular complexity index is 1740. The average molecular weight is 487 g/mol. The van der Waals surface area contributed by atoms with Crippen LogP contribution >= 0.6 is 0 Å². The van der Waals surface area contributed by atoms with Crippen LogP contribution in [0.1, 0.15) is 0 Å². The van der Waals surface area contributed by atoms with Crippen molar-refractivity contribution >= 4 is 34.1 Å². The predicted molar refractivity (Wildman–Crippen MR) is 120 cm³/mol. The summed E-state index contributed by atoms with van der Waals surface area (Å²) >= 11 is 0. The number of rotatable bonds is 7. The zero-order chi connectivity index (χ0) is 25.6. The van der Waals surface area contributed by atoms with Crippen LogP contribution in [-0.2, 0) is 55.1 Å². The molecule has 15 nitrogen and oxygen atoms in total. The van der Waals surface area contributed by atoms with Crippen molar-refractivity contribution in [1.29, 1.82) is 0 Å². The first-order valence-electron chi connectivity index (χ1n) is 10.3. The molecule has 4 heterocycles. The van der Waals surface area contributed by atoms with Crippen molar-refractivity contribution in [3.05, 3.63) is 60.3 Å². The summed E-state index contributed by atoms with van der Waals surface area (Å²) in [6.45, 7) is -1.73. The number of aliphatic carboxylic acids is 1. The number of carbonyl (C=O) groups is 2. The maximum Gasteiger partial charge on any atom is 0.333 e. The SMILES string of the molecule is Cn1ccc2c1c(=O)n(CC(=O)OCCn1cnc3c1c(=O)n(CC(=O)O)c(=O)n3C)c(=O)n2C. The number of hydrogen-bond acceptors (Lipinski definition) is 8. The minimum Gasteiger partial charge on any atom is -0.480 e. The molecule has 0 aromatic carbocycles. The summed E-state index contributed by atoms with van der Waals surface area (Å²) in [5.74, 6) is -2.21. The summed E-state index contributed by atoms with van der Waals surface area (Å²) in [7, 11) is 4.48. The van der Waals surface area contributed by atoms with Gasteiger partial charge in [0.05, 0.1) is 18.4 Å². The number of esters is 1. The number of carbonyl (C=O) groups excluding carboxylic acids is 1. The first-order chi connectivity index (χ1) is 16.5. The minimum atomic E-state index is -1.36. The minimum absolute atomic E-state index is 0.0383. The highest BCUT2D eigenvalue weighted by Gasteiger charge is 2.19. The molecule has 0 fully saturated rings.